The zero-order valence-corrected chi connectivity index (χ0v) is 16.8. The molecule has 0 radical (unpaired) electrons. The average Bonchev–Trinajstić information content (AvgIpc) is 2.61. The van der Waals surface area contributed by atoms with Crippen molar-refractivity contribution in [2.75, 3.05) is 26.7 Å². The first kappa shape index (κ1) is 20.9. The highest BCUT2D eigenvalue weighted by atomic mass is 32.2. The Bertz CT molecular complexity index is 864. The highest BCUT2D eigenvalue weighted by Gasteiger charge is 2.22. The number of aryl methyl sites for hydroxylation is 2. The van der Waals surface area contributed by atoms with Gasteiger partial charge in [0.05, 0.1) is 18.0 Å². The van der Waals surface area contributed by atoms with Crippen molar-refractivity contribution in [3.05, 3.63) is 59.7 Å². The van der Waals surface area contributed by atoms with Crippen LogP contribution < -0.4 is 10.1 Å². The van der Waals surface area contributed by atoms with Crippen LogP contribution in [0.25, 0.3) is 0 Å². The molecule has 0 atom stereocenters. The van der Waals surface area contributed by atoms with E-state index < -0.39 is 10.0 Å². The summed E-state index contributed by atoms with van der Waals surface area (Å²) >= 11 is 0. The van der Waals surface area contributed by atoms with E-state index in [4.69, 9.17) is 4.74 Å². The van der Waals surface area contributed by atoms with Crippen molar-refractivity contribution < 1.29 is 17.9 Å². The van der Waals surface area contributed by atoms with Gasteiger partial charge >= 0.3 is 0 Å². The fourth-order valence-corrected chi connectivity index (χ4v) is 3.56. The Balaban J connectivity index is 1.74. The number of nitrogens with one attached hydrogen (secondary N) is 1. The predicted molar refractivity (Wildman–Crippen MR) is 105 cm³/mol. The number of hydrogen-bond acceptors (Lipinski definition) is 4. The Morgan fingerprint density at radius 3 is 2.44 bits per heavy atom. The third-order valence-corrected chi connectivity index (χ3v) is 5.81. The van der Waals surface area contributed by atoms with E-state index in [1.165, 1.54) is 7.05 Å². The lowest BCUT2D eigenvalue weighted by molar-refractivity contribution is -0.121. The molecular weight excluding hydrogens is 364 g/mol. The Kier molecular flexibility index (Phi) is 7.38. The smallest absolute Gasteiger partial charge is 0.243 e. The van der Waals surface area contributed by atoms with E-state index in [1.54, 1.807) is 24.3 Å². The number of benzene rings is 2. The fourth-order valence-electron chi connectivity index (χ4n) is 2.43. The van der Waals surface area contributed by atoms with Gasteiger partial charge in [-0.3, -0.25) is 4.79 Å². The molecule has 7 heteroatoms. The van der Waals surface area contributed by atoms with Crippen molar-refractivity contribution in [1.82, 2.24) is 9.62 Å². The monoisotopic (exact) mass is 390 g/mol. The van der Waals surface area contributed by atoms with Gasteiger partial charge in [-0.15, -0.1) is 0 Å². The Morgan fingerprint density at radius 2 is 1.78 bits per heavy atom. The zero-order valence-electron chi connectivity index (χ0n) is 15.9. The summed E-state index contributed by atoms with van der Waals surface area (Å²) in [6, 6.07) is 14.3. The van der Waals surface area contributed by atoms with Crippen LogP contribution in [0.2, 0.25) is 0 Å². The van der Waals surface area contributed by atoms with E-state index in [-0.39, 0.29) is 17.3 Å². The normalized spacial score (nSPS) is 11.4. The summed E-state index contributed by atoms with van der Waals surface area (Å²) in [7, 11) is -2.28. The summed E-state index contributed by atoms with van der Waals surface area (Å²) < 4.78 is 31.6. The number of rotatable bonds is 9. The number of hydrogen-bond donors (Lipinski definition) is 1. The first-order valence-corrected chi connectivity index (χ1v) is 10.2. The SMILES string of the molecule is Cc1ccc(S(=O)(=O)N(C)CC(=O)NCCCOc2cccc(C)c2)cc1. The minimum absolute atomic E-state index is 0.176. The lowest BCUT2D eigenvalue weighted by atomic mass is 10.2. The first-order valence-electron chi connectivity index (χ1n) is 8.78. The lowest BCUT2D eigenvalue weighted by Gasteiger charge is -2.17. The molecule has 0 aliphatic rings. The molecule has 0 unspecified atom stereocenters. The van der Waals surface area contributed by atoms with Gasteiger partial charge in [-0.25, -0.2) is 8.42 Å². The molecule has 0 saturated heterocycles. The molecule has 2 aromatic rings. The summed E-state index contributed by atoms with van der Waals surface area (Å²) in [5.74, 6) is 0.453. The molecular formula is C20H26N2O4S. The second-order valence-electron chi connectivity index (χ2n) is 6.44. The molecule has 0 heterocycles. The van der Waals surface area contributed by atoms with Crippen LogP contribution in [0, 0.1) is 13.8 Å². The van der Waals surface area contributed by atoms with Gasteiger partial charge in [0.25, 0.3) is 0 Å². The van der Waals surface area contributed by atoms with Crippen molar-refractivity contribution in [3.8, 4) is 5.75 Å². The van der Waals surface area contributed by atoms with Gasteiger partial charge in [-0.05, 0) is 50.1 Å². The highest BCUT2D eigenvalue weighted by Crippen LogP contribution is 2.15. The van der Waals surface area contributed by atoms with Crippen LogP contribution in [0.1, 0.15) is 17.5 Å². The maximum absolute atomic E-state index is 12.5. The molecule has 2 aromatic carbocycles. The van der Waals surface area contributed by atoms with Crippen molar-refractivity contribution in [3.63, 3.8) is 0 Å². The van der Waals surface area contributed by atoms with E-state index in [9.17, 15) is 13.2 Å². The zero-order chi connectivity index (χ0) is 19.9. The van der Waals surface area contributed by atoms with Crippen molar-refractivity contribution >= 4 is 15.9 Å². The summed E-state index contributed by atoms with van der Waals surface area (Å²) in [6.45, 7) is 4.55. The molecule has 1 N–H and O–H groups in total. The largest absolute Gasteiger partial charge is 0.494 e. The van der Waals surface area contributed by atoms with Crippen LogP contribution in [0.4, 0.5) is 0 Å². The molecule has 0 aliphatic heterocycles. The van der Waals surface area contributed by atoms with Gasteiger partial charge in [-0.2, -0.15) is 4.31 Å². The second kappa shape index (κ2) is 9.53. The van der Waals surface area contributed by atoms with E-state index in [0.717, 1.165) is 21.2 Å². The van der Waals surface area contributed by atoms with Gasteiger partial charge in [0.1, 0.15) is 5.75 Å². The first-order chi connectivity index (χ1) is 12.8. The molecule has 2 rings (SSSR count). The van der Waals surface area contributed by atoms with Gasteiger partial charge in [0.15, 0.2) is 0 Å². The lowest BCUT2D eigenvalue weighted by Crippen LogP contribution is -2.38. The number of amides is 1. The number of carbonyl (C=O) groups excluding carboxylic acids is 1. The number of likely N-dealkylation sites (N-methyl/N-ethyl adjacent to an activating group) is 1. The topological polar surface area (TPSA) is 75.7 Å². The third kappa shape index (κ3) is 6.37. The van der Waals surface area contributed by atoms with E-state index in [1.807, 2.05) is 38.1 Å². The Hall–Kier alpha value is -2.38. The third-order valence-electron chi connectivity index (χ3n) is 4.00. The summed E-state index contributed by atoms with van der Waals surface area (Å²) in [5, 5.41) is 2.72. The van der Waals surface area contributed by atoms with Crippen molar-refractivity contribution in [1.29, 1.82) is 0 Å². The van der Waals surface area contributed by atoms with Crippen LogP contribution in [0.15, 0.2) is 53.4 Å². The van der Waals surface area contributed by atoms with Crippen LogP contribution >= 0.6 is 0 Å². The van der Waals surface area contributed by atoms with Crippen LogP contribution in [0.5, 0.6) is 5.75 Å². The van der Waals surface area contributed by atoms with E-state index >= 15 is 0 Å². The molecule has 6 nitrogen and oxygen atoms in total. The molecule has 1 amide bonds. The van der Waals surface area contributed by atoms with Crippen molar-refractivity contribution in [2.24, 2.45) is 0 Å². The average molecular weight is 391 g/mol. The Labute approximate surface area is 161 Å². The summed E-state index contributed by atoms with van der Waals surface area (Å²) in [6.07, 6.45) is 0.633. The number of nitrogens with zero attached hydrogens (tertiary/aromatic N) is 1. The van der Waals surface area contributed by atoms with Gasteiger partial charge in [0.2, 0.25) is 15.9 Å². The van der Waals surface area contributed by atoms with Crippen LogP contribution in [-0.2, 0) is 14.8 Å². The van der Waals surface area contributed by atoms with E-state index in [2.05, 4.69) is 5.32 Å². The summed E-state index contributed by atoms with van der Waals surface area (Å²) in [4.78, 5) is 12.2. The maximum atomic E-state index is 12.5. The minimum Gasteiger partial charge on any atom is -0.494 e. The number of carbonyl (C=O) groups is 1. The molecule has 146 valence electrons. The number of ether oxygens (including phenoxy) is 1. The van der Waals surface area contributed by atoms with E-state index in [0.29, 0.717) is 19.6 Å². The molecule has 0 fully saturated rings. The minimum atomic E-state index is -3.68. The molecule has 0 aliphatic carbocycles. The second-order valence-corrected chi connectivity index (χ2v) is 8.49. The molecule has 0 aromatic heterocycles. The van der Waals surface area contributed by atoms with Gasteiger partial charge in [-0.1, -0.05) is 29.8 Å². The molecule has 0 saturated carbocycles. The maximum Gasteiger partial charge on any atom is 0.243 e. The van der Waals surface area contributed by atoms with Gasteiger partial charge in [0, 0.05) is 13.6 Å². The number of sulfonamides is 1. The Morgan fingerprint density at radius 1 is 1.07 bits per heavy atom. The van der Waals surface area contributed by atoms with Crippen molar-refractivity contribution in [2.45, 2.75) is 25.2 Å². The fraction of sp³-hybridized carbons (Fsp3) is 0.350. The van der Waals surface area contributed by atoms with Crippen LogP contribution in [-0.4, -0.2) is 45.4 Å². The molecule has 27 heavy (non-hydrogen) atoms. The molecule has 0 spiro atoms. The standard InChI is InChI=1S/C20H26N2O4S/c1-16-8-10-19(11-9-16)27(24,25)22(3)15-20(23)21-12-5-13-26-18-7-4-6-17(2)14-18/h4,6-11,14H,5,12-13,15H2,1-3H3,(H,21,23). The van der Waals surface area contributed by atoms with Gasteiger partial charge < -0.3 is 10.1 Å². The predicted octanol–water partition coefficient (Wildman–Crippen LogP) is 2.51. The molecule has 0 bridgehead atoms. The highest BCUT2D eigenvalue weighted by molar-refractivity contribution is 7.89. The quantitative estimate of drug-likeness (QED) is 0.668. The summed E-state index contributed by atoms with van der Waals surface area (Å²) in [5.41, 5.74) is 2.10. The van der Waals surface area contributed by atoms with Crippen LogP contribution in [0.3, 0.4) is 0 Å².